The van der Waals surface area contributed by atoms with Crippen molar-refractivity contribution >= 4 is 11.8 Å². The molecule has 1 aromatic rings. The molecule has 1 atom stereocenters. The van der Waals surface area contributed by atoms with Crippen LogP contribution in [0.25, 0.3) is 0 Å². The highest BCUT2D eigenvalue weighted by molar-refractivity contribution is 7.99. The summed E-state index contributed by atoms with van der Waals surface area (Å²) in [6.07, 6.45) is 3.96. The van der Waals surface area contributed by atoms with Crippen LogP contribution in [0.15, 0.2) is 29.2 Å². The number of methoxy groups -OCH3 is 1. The van der Waals surface area contributed by atoms with Gasteiger partial charge < -0.3 is 10.1 Å². The largest absolute Gasteiger partial charge is 0.385 e. The maximum absolute atomic E-state index is 5.21. The lowest BCUT2D eigenvalue weighted by atomic mass is 10.00. The smallest absolute Gasteiger partial charge is 0.0468 e. The van der Waals surface area contributed by atoms with Gasteiger partial charge >= 0.3 is 0 Å². The van der Waals surface area contributed by atoms with Crippen LogP contribution in [0, 0.1) is 5.41 Å². The number of hydrogen-bond donors (Lipinski definition) is 1. The van der Waals surface area contributed by atoms with E-state index >= 15 is 0 Å². The van der Waals surface area contributed by atoms with E-state index in [9.17, 15) is 0 Å². The lowest BCUT2D eigenvalue weighted by Crippen LogP contribution is -2.29. The Bertz CT molecular complexity index is 431. The summed E-state index contributed by atoms with van der Waals surface area (Å²) >= 11 is 2.00. The van der Waals surface area contributed by atoms with E-state index in [1.54, 1.807) is 12.7 Å². The van der Waals surface area contributed by atoms with E-state index in [0.717, 1.165) is 13.2 Å². The molecule has 2 nitrogen and oxygen atoms in total. The molecule has 1 aliphatic carbocycles. The molecule has 2 aliphatic rings. The standard InChI is InChI=1S/C16H23NOS/c1-18-9-8-16(6-7-16)12-17-10-13-11-19-15-5-3-2-4-14(13)15/h2-5,13,17H,6-12H2,1H3. The summed E-state index contributed by atoms with van der Waals surface area (Å²) in [7, 11) is 1.80. The minimum atomic E-state index is 0.557. The summed E-state index contributed by atoms with van der Waals surface area (Å²) in [5.74, 6) is 1.93. The summed E-state index contributed by atoms with van der Waals surface area (Å²) < 4.78 is 5.21. The molecule has 19 heavy (non-hydrogen) atoms. The zero-order valence-electron chi connectivity index (χ0n) is 11.7. The molecule has 0 bridgehead atoms. The highest BCUT2D eigenvalue weighted by Crippen LogP contribution is 2.48. The van der Waals surface area contributed by atoms with Crippen LogP contribution in [0.5, 0.6) is 0 Å². The van der Waals surface area contributed by atoms with Crippen LogP contribution in [0.2, 0.25) is 0 Å². The van der Waals surface area contributed by atoms with Gasteiger partial charge in [-0.15, -0.1) is 11.8 Å². The van der Waals surface area contributed by atoms with Crippen molar-refractivity contribution in [2.75, 3.05) is 32.6 Å². The minimum Gasteiger partial charge on any atom is -0.385 e. The van der Waals surface area contributed by atoms with Gasteiger partial charge in [0.15, 0.2) is 0 Å². The Morgan fingerprint density at radius 2 is 2.21 bits per heavy atom. The molecule has 1 saturated carbocycles. The minimum absolute atomic E-state index is 0.557. The number of nitrogens with one attached hydrogen (secondary N) is 1. The average molecular weight is 277 g/mol. The van der Waals surface area contributed by atoms with Crippen molar-refractivity contribution in [3.8, 4) is 0 Å². The predicted molar refractivity (Wildman–Crippen MR) is 80.9 cm³/mol. The fourth-order valence-electron chi connectivity index (χ4n) is 2.92. The third kappa shape index (κ3) is 3.15. The molecule has 1 fully saturated rings. The summed E-state index contributed by atoms with van der Waals surface area (Å²) in [6, 6.07) is 8.85. The first-order chi connectivity index (χ1) is 9.33. The van der Waals surface area contributed by atoms with Crippen LogP contribution in [0.1, 0.15) is 30.7 Å². The van der Waals surface area contributed by atoms with E-state index < -0.39 is 0 Å². The molecule has 1 N–H and O–H groups in total. The summed E-state index contributed by atoms with van der Waals surface area (Å²) in [6.45, 7) is 3.20. The lowest BCUT2D eigenvalue weighted by molar-refractivity contribution is 0.171. The topological polar surface area (TPSA) is 21.3 Å². The van der Waals surface area contributed by atoms with Crippen LogP contribution in [-0.2, 0) is 4.74 Å². The van der Waals surface area contributed by atoms with Crippen LogP contribution in [0.4, 0.5) is 0 Å². The Kier molecular flexibility index (Phi) is 4.15. The monoisotopic (exact) mass is 277 g/mol. The number of hydrogen-bond acceptors (Lipinski definition) is 3. The zero-order valence-corrected chi connectivity index (χ0v) is 12.5. The molecule has 1 heterocycles. The number of rotatable bonds is 7. The molecule has 1 aromatic carbocycles. The molecule has 104 valence electrons. The number of ether oxygens (including phenoxy) is 1. The first-order valence-corrected chi connectivity index (χ1v) is 8.23. The second-order valence-corrected chi connectivity index (χ2v) is 6.98. The molecule has 1 aliphatic heterocycles. The van der Waals surface area contributed by atoms with E-state index in [1.807, 2.05) is 11.8 Å². The van der Waals surface area contributed by atoms with Crippen LogP contribution in [0.3, 0.4) is 0 Å². The van der Waals surface area contributed by atoms with Gasteiger partial charge in [-0.25, -0.2) is 0 Å². The number of benzene rings is 1. The Morgan fingerprint density at radius 3 is 3.00 bits per heavy atom. The molecule has 0 aromatic heterocycles. The highest BCUT2D eigenvalue weighted by Gasteiger charge is 2.41. The molecule has 0 spiro atoms. The van der Waals surface area contributed by atoms with Crippen molar-refractivity contribution in [2.24, 2.45) is 5.41 Å². The summed E-state index contributed by atoms with van der Waals surface area (Å²) in [5.41, 5.74) is 2.10. The van der Waals surface area contributed by atoms with E-state index in [1.165, 1.54) is 36.5 Å². The van der Waals surface area contributed by atoms with E-state index in [-0.39, 0.29) is 0 Å². The third-order valence-corrected chi connectivity index (χ3v) is 5.74. The van der Waals surface area contributed by atoms with Gasteiger partial charge in [-0.1, -0.05) is 18.2 Å². The molecule has 3 rings (SSSR count). The van der Waals surface area contributed by atoms with Gasteiger partial charge in [0, 0.05) is 43.4 Å². The Labute approximate surface area is 120 Å². The second kappa shape index (κ2) is 5.86. The fourth-order valence-corrected chi connectivity index (χ4v) is 4.17. The normalized spacial score (nSPS) is 23.3. The van der Waals surface area contributed by atoms with E-state index in [4.69, 9.17) is 4.74 Å². The van der Waals surface area contributed by atoms with E-state index in [0.29, 0.717) is 11.3 Å². The molecule has 0 saturated heterocycles. The van der Waals surface area contributed by atoms with Gasteiger partial charge in [0.25, 0.3) is 0 Å². The van der Waals surface area contributed by atoms with Crippen LogP contribution < -0.4 is 5.32 Å². The van der Waals surface area contributed by atoms with Crippen molar-refractivity contribution in [1.29, 1.82) is 0 Å². The summed E-state index contributed by atoms with van der Waals surface area (Å²) in [5, 5.41) is 3.71. The third-order valence-electron chi connectivity index (χ3n) is 4.48. The molecular formula is C16H23NOS. The van der Waals surface area contributed by atoms with Gasteiger partial charge in [0.1, 0.15) is 0 Å². The van der Waals surface area contributed by atoms with Gasteiger partial charge in [0.2, 0.25) is 0 Å². The van der Waals surface area contributed by atoms with Crippen molar-refractivity contribution in [1.82, 2.24) is 5.32 Å². The molecular weight excluding hydrogens is 254 g/mol. The van der Waals surface area contributed by atoms with Gasteiger partial charge in [-0.3, -0.25) is 0 Å². The molecule has 0 radical (unpaired) electrons. The first-order valence-electron chi connectivity index (χ1n) is 7.24. The highest BCUT2D eigenvalue weighted by atomic mass is 32.2. The van der Waals surface area contributed by atoms with Crippen molar-refractivity contribution in [3.05, 3.63) is 29.8 Å². The fraction of sp³-hybridized carbons (Fsp3) is 0.625. The van der Waals surface area contributed by atoms with Gasteiger partial charge in [-0.05, 0) is 36.3 Å². The molecule has 3 heteroatoms. The Morgan fingerprint density at radius 1 is 1.37 bits per heavy atom. The van der Waals surface area contributed by atoms with E-state index in [2.05, 4.69) is 29.6 Å². The van der Waals surface area contributed by atoms with Crippen molar-refractivity contribution < 1.29 is 4.74 Å². The summed E-state index contributed by atoms with van der Waals surface area (Å²) in [4.78, 5) is 1.48. The van der Waals surface area contributed by atoms with Gasteiger partial charge in [-0.2, -0.15) is 0 Å². The average Bonchev–Trinajstić information content (AvgIpc) is 3.10. The quantitative estimate of drug-likeness (QED) is 0.826. The number of fused-ring (bicyclic) bond motifs is 1. The predicted octanol–water partition coefficient (Wildman–Crippen LogP) is 3.28. The number of thioether (sulfide) groups is 1. The first kappa shape index (κ1) is 13.5. The van der Waals surface area contributed by atoms with Crippen molar-refractivity contribution in [3.63, 3.8) is 0 Å². The van der Waals surface area contributed by atoms with Crippen LogP contribution >= 0.6 is 11.8 Å². The Hall–Kier alpha value is -0.510. The lowest BCUT2D eigenvalue weighted by Gasteiger charge is -2.18. The molecule has 1 unspecified atom stereocenters. The van der Waals surface area contributed by atoms with Crippen LogP contribution in [-0.4, -0.2) is 32.6 Å². The van der Waals surface area contributed by atoms with Crippen molar-refractivity contribution in [2.45, 2.75) is 30.1 Å². The van der Waals surface area contributed by atoms with Gasteiger partial charge in [0.05, 0.1) is 0 Å². The second-order valence-electron chi connectivity index (χ2n) is 5.92. The SMILES string of the molecule is COCCC1(CNCC2CSc3ccccc32)CC1. The Balaban J connectivity index is 1.46. The maximum atomic E-state index is 5.21. The molecule has 0 amide bonds. The maximum Gasteiger partial charge on any atom is 0.0468 e. The zero-order chi connectivity index (χ0) is 13.1.